The quantitative estimate of drug-likeness (QED) is 0.496. The highest BCUT2D eigenvalue weighted by molar-refractivity contribution is 7.88. The summed E-state index contributed by atoms with van der Waals surface area (Å²) in [6.45, 7) is 0.760. The standard InChI is InChI=1S/C20H22N6O3S/c1-23-18-9-8-16(15-12-21-25-11-4-3-7-17(15)25)22-19(18)26(20(23)27)14-6-5-10-24(13-14)30(2,28)29/h3-4,7-9,11-12,14H,5-6,10,13H2,1-2H3. The second-order valence-electron chi connectivity index (χ2n) is 7.76. The van der Waals surface area contributed by atoms with Crippen molar-refractivity contribution in [2.75, 3.05) is 19.3 Å². The zero-order valence-corrected chi connectivity index (χ0v) is 17.6. The molecule has 1 unspecified atom stereocenters. The maximum absolute atomic E-state index is 13.1. The molecular weight excluding hydrogens is 404 g/mol. The predicted molar refractivity (Wildman–Crippen MR) is 114 cm³/mol. The van der Waals surface area contributed by atoms with E-state index in [0.29, 0.717) is 18.6 Å². The predicted octanol–water partition coefficient (Wildman–Crippen LogP) is 1.65. The van der Waals surface area contributed by atoms with E-state index in [-0.39, 0.29) is 18.3 Å². The highest BCUT2D eigenvalue weighted by atomic mass is 32.2. The van der Waals surface area contributed by atoms with Gasteiger partial charge in [0.2, 0.25) is 10.0 Å². The zero-order valence-electron chi connectivity index (χ0n) is 16.8. The van der Waals surface area contributed by atoms with Gasteiger partial charge < -0.3 is 0 Å². The molecule has 1 aliphatic rings. The molecule has 9 nitrogen and oxygen atoms in total. The Labute approximate surface area is 173 Å². The number of pyridine rings is 2. The molecule has 30 heavy (non-hydrogen) atoms. The summed E-state index contributed by atoms with van der Waals surface area (Å²) in [6.07, 6.45) is 6.28. The summed E-state index contributed by atoms with van der Waals surface area (Å²) < 4.78 is 30.6. The van der Waals surface area contributed by atoms with Crippen LogP contribution < -0.4 is 5.69 Å². The number of imidazole rings is 1. The molecule has 0 spiro atoms. The van der Waals surface area contributed by atoms with Gasteiger partial charge in [-0.3, -0.25) is 9.13 Å². The summed E-state index contributed by atoms with van der Waals surface area (Å²) in [6, 6.07) is 9.35. The minimum Gasteiger partial charge on any atom is -0.293 e. The molecule has 10 heteroatoms. The average molecular weight is 427 g/mol. The van der Waals surface area contributed by atoms with Gasteiger partial charge in [-0.05, 0) is 37.1 Å². The zero-order chi connectivity index (χ0) is 21.0. The van der Waals surface area contributed by atoms with Crippen LogP contribution in [-0.4, -0.2) is 55.8 Å². The third kappa shape index (κ3) is 2.94. The Kier molecular flexibility index (Phi) is 4.30. The summed E-state index contributed by atoms with van der Waals surface area (Å²) >= 11 is 0. The summed E-state index contributed by atoms with van der Waals surface area (Å²) in [5.74, 6) is 0. The molecule has 1 aliphatic heterocycles. The van der Waals surface area contributed by atoms with Crippen LogP contribution in [0.15, 0.2) is 47.5 Å². The lowest BCUT2D eigenvalue weighted by atomic mass is 10.1. The molecule has 0 radical (unpaired) electrons. The fourth-order valence-corrected chi connectivity index (χ4v) is 5.18. The van der Waals surface area contributed by atoms with Crippen LogP contribution in [0, 0.1) is 0 Å². The number of aryl methyl sites for hydroxylation is 1. The van der Waals surface area contributed by atoms with Crippen molar-refractivity contribution in [1.82, 2.24) is 28.0 Å². The third-order valence-electron chi connectivity index (χ3n) is 5.83. The molecule has 0 aliphatic carbocycles. The molecule has 0 bridgehead atoms. The van der Waals surface area contributed by atoms with E-state index < -0.39 is 10.0 Å². The molecule has 4 aromatic rings. The molecule has 0 amide bonds. The number of hydrogen-bond acceptors (Lipinski definition) is 5. The van der Waals surface area contributed by atoms with E-state index in [9.17, 15) is 13.2 Å². The van der Waals surface area contributed by atoms with Gasteiger partial charge in [0.15, 0.2) is 5.65 Å². The van der Waals surface area contributed by atoms with Gasteiger partial charge in [-0.15, -0.1) is 0 Å². The van der Waals surface area contributed by atoms with Gasteiger partial charge in [-0.1, -0.05) is 6.07 Å². The minimum absolute atomic E-state index is 0.185. The van der Waals surface area contributed by atoms with Crippen molar-refractivity contribution in [1.29, 1.82) is 0 Å². The van der Waals surface area contributed by atoms with Crippen LogP contribution in [0.25, 0.3) is 27.9 Å². The number of fused-ring (bicyclic) bond motifs is 2. The largest absolute Gasteiger partial charge is 0.330 e. The Morgan fingerprint density at radius 1 is 1.13 bits per heavy atom. The van der Waals surface area contributed by atoms with E-state index in [0.717, 1.165) is 28.7 Å². The van der Waals surface area contributed by atoms with Gasteiger partial charge in [-0.25, -0.2) is 27.0 Å². The number of piperidine rings is 1. The van der Waals surface area contributed by atoms with Crippen molar-refractivity contribution in [3.05, 3.63) is 53.2 Å². The highest BCUT2D eigenvalue weighted by Crippen LogP contribution is 2.28. The van der Waals surface area contributed by atoms with Crippen LogP contribution in [0.3, 0.4) is 0 Å². The Morgan fingerprint density at radius 3 is 2.77 bits per heavy atom. The van der Waals surface area contributed by atoms with Gasteiger partial charge in [-0.2, -0.15) is 5.10 Å². The highest BCUT2D eigenvalue weighted by Gasteiger charge is 2.30. The molecule has 156 valence electrons. The second kappa shape index (κ2) is 6.78. The van der Waals surface area contributed by atoms with Crippen molar-refractivity contribution in [3.63, 3.8) is 0 Å². The molecule has 1 fully saturated rings. The number of nitrogens with zero attached hydrogens (tertiary/aromatic N) is 6. The Morgan fingerprint density at radius 2 is 1.97 bits per heavy atom. The number of sulfonamides is 1. The maximum Gasteiger partial charge on any atom is 0.330 e. The van der Waals surface area contributed by atoms with E-state index in [1.54, 1.807) is 26.9 Å². The van der Waals surface area contributed by atoms with Gasteiger partial charge >= 0.3 is 5.69 Å². The van der Waals surface area contributed by atoms with Gasteiger partial charge in [0.05, 0.1) is 35.2 Å². The van der Waals surface area contributed by atoms with Gasteiger partial charge in [0.1, 0.15) is 0 Å². The van der Waals surface area contributed by atoms with Crippen LogP contribution in [0.2, 0.25) is 0 Å². The van der Waals surface area contributed by atoms with Crippen molar-refractivity contribution in [2.45, 2.75) is 18.9 Å². The van der Waals surface area contributed by atoms with Crippen LogP contribution in [0.5, 0.6) is 0 Å². The first-order valence-corrected chi connectivity index (χ1v) is 11.7. The first kappa shape index (κ1) is 19.0. The SMILES string of the molecule is Cn1c(=O)n(C2CCCN(S(C)(=O)=O)C2)c2nc(-c3cnn4ccccc34)ccc21. The van der Waals surface area contributed by atoms with Crippen LogP contribution in [0.1, 0.15) is 18.9 Å². The van der Waals surface area contributed by atoms with Crippen molar-refractivity contribution < 1.29 is 8.42 Å². The van der Waals surface area contributed by atoms with E-state index in [1.807, 2.05) is 36.5 Å². The summed E-state index contributed by atoms with van der Waals surface area (Å²) in [5.41, 5.74) is 3.62. The van der Waals surface area contributed by atoms with Crippen LogP contribution in [0.4, 0.5) is 0 Å². The molecule has 4 aromatic heterocycles. The minimum atomic E-state index is -3.31. The average Bonchev–Trinajstić information content (AvgIpc) is 3.27. The van der Waals surface area contributed by atoms with Crippen LogP contribution in [-0.2, 0) is 17.1 Å². The lowest BCUT2D eigenvalue weighted by Crippen LogP contribution is -2.42. The Hall–Kier alpha value is -2.98. The molecule has 0 saturated carbocycles. The third-order valence-corrected chi connectivity index (χ3v) is 7.10. The topological polar surface area (TPSA) is 94.5 Å². The van der Waals surface area contributed by atoms with Crippen LogP contribution >= 0.6 is 0 Å². The van der Waals surface area contributed by atoms with Gasteiger partial charge in [0.25, 0.3) is 0 Å². The molecule has 1 atom stereocenters. The lowest BCUT2D eigenvalue weighted by Gasteiger charge is -2.31. The van der Waals surface area contributed by atoms with Crippen molar-refractivity contribution in [3.8, 4) is 11.3 Å². The molecule has 0 N–H and O–H groups in total. The maximum atomic E-state index is 13.1. The summed E-state index contributed by atoms with van der Waals surface area (Å²) in [5, 5.41) is 4.38. The number of aromatic nitrogens is 5. The van der Waals surface area contributed by atoms with E-state index >= 15 is 0 Å². The van der Waals surface area contributed by atoms with E-state index in [1.165, 1.54) is 10.6 Å². The van der Waals surface area contributed by atoms with E-state index in [4.69, 9.17) is 4.98 Å². The summed E-state index contributed by atoms with van der Waals surface area (Å²) in [4.78, 5) is 17.9. The molecular formula is C20H22N6O3S. The first-order chi connectivity index (χ1) is 14.3. The number of rotatable bonds is 3. The fourth-order valence-electron chi connectivity index (χ4n) is 4.28. The monoisotopic (exact) mass is 426 g/mol. The van der Waals surface area contributed by atoms with Crippen molar-refractivity contribution >= 4 is 26.7 Å². The first-order valence-electron chi connectivity index (χ1n) is 9.80. The second-order valence-corrected chi connectivity index (χ2v) is 9.74. The lowest BCUT2D eigenvalue weighted by molar-refractivity contribution is 0.267. The number of hydrogen-bond donors (Lipinski definition) is 0. The molecule has 5 heterocycles. The Bertz CT molecular complexity index is 1430. The Balaban J connectivity index is 1.66. The van der Waals surface area contributed by atoms with Crippen molar-refractivity contribution in [2.24, 2.45) is 7.05 Å². The molecule has 0 aromatic carbocycles. The van der Waals surface area contributed by atoms with Gasteiger partial charge in [0, 0.05) is 31.9 Å². The molecule has 5 rings (SSSR count). The van der Waals surface area contributed by atoms with E-state index in [2.05, 4.69) is 5.10 Å². The summed E-state index contributed by atoms with van der Waals surface area (Å²) in [7, 11) is -1.60. The molecule has 1 saturated heterocycles. The normalized spacial score (nSPS) is 18.4. The fraction of sp³-hybridized carbons (Fsp3) is 0.350. The smallest absolute Gasteiger partial charge is 0.293 e.